The quantitative estimate of drug-likeness (QED) is 0.720. The van der Waals surface area contributed by atoms with E-state index in [9.17, 15) is 18.7 Å². The topological polar surface area (TPSA) is 55.1 Å². The second-order valence-corrected chi connectivity index (χ2v) is 6.52. The van der Waals surface area contributed by atoms with Gasteiger partial charge in [-0.3, -0.25) is 0 Å². The molecule has 4 nitrogen and oxygen atoms in total. The molecule has 0 fully saturated rings. The van der Waals surface area contributed by atoms with Crippen molar-refractivity contribution in [3.8, 4) is 16.9 Å². The van der Waals surface area contributed by atoms with Crippen molar-refractivity contribution in [1.29, 1.82) is 0 Å². The zero-order chi connectivity index (χ0) is 18.8. The molecule has 0 aliphatic heterocycles. The molecule has 1 aromatic heterocycles. The minimum atomic E-state index is -1.25. The summed E-state index contributed by atoms with van der Waals surface area (Å²) in [6, 6.07) is 12.0. The summed E-state index contributed by atoms with van der Waals surface area (Å²) in [5.41, 5.74) is 1.98. The van der Waals surface area contributed by atoms with Gasteiger partial charge < -0.3 is 5.11 Å². The van der Waals surface area contributed by atoms with Crippen LogP contribution in [0.2, 0.25) is 0 Å². The number of aromatic carboxylic acids is 1. The average Bonchev–Trinajstić information content (AvgIpc) is 3.00. The Balaban J connectivity index is 2.03. The number of rotatable bonds is 5. The van der Waals surface area contributed by atoms with Gasteiger partial charge in [0, 0.05) is 11.6 Å². The normalized spacial score (nSPS) is 11.1. The zero-order valence-electron chi connectivity index (χ0n) is 14.4. The first-order valence-corrected chi connectivity index (χ1v) is 8.23. The molecule has 0 atom stereocenters. The van der Waals surface area contributed by atoms with Crippen LogP contribution in [0.4, 0.5) is 8.78 Å². The Morgan fingerprint density at radius 2 is 1.81 bits per heavy atom. The van der Waals surface area contributed by atoms with E-state index >= 15 is 0 Å². The Kier molecular flexibility index (Phi) is 4.84. The van der Waals surface area contributed by atoms with E-state index in [0.717, 1.165) is 22.7 Å². The molecule has 2 aromatic carbocycles. The van der Waals surface area contributed by atoms with Gasteiger partial charge in [-0.05, 0) is 36.1 Å². The minimum absolute atomic E-state index is 0.119. The molecule has 0 amide bonds. The Morgan fingerprint density at radius 1 is 1.12 bits per heavy atom. The Hall–Kier alpha value is -3.02. The summed E-state index contributed by atoms with van der Waals surface area (Å²) >= 11 is 0. The SMILES string of the molecule is CC(C)Cc1ccc(-c2cc(C(=O)O)n(-c3ccc(F)cc3F)n2)cc1. The van der Waals surface area contributed by atoms with Gasteiger partial charge in [-0.2, -0.15) is 5.10 Å². The fourth-order valence-electron chi connectivity index (χ4n) is 2.79. The number of halogens is 2. The lowest BCUT2D eigenvalue weighted by Gasteiger charge is -2.06. The Bertz CT molecular complexity index is 947. The third-order valence-corrected chi connectivity index (χ3v) is 3.96. The van der Waals surface area contributed by atoms with Crippen molar-refractivity contribution in [3.05, 3.63) is 71.4 Å². The van der Waals surface area contributed by atoms with Crippen LogP contribution in [0, 0.1) is 17.6 Å². The van der Waals surface area contributed by atoms with Crippen LogP contribution in [0.1, 0.15) is 29.9 Å². The standard InChI is InChI=1S/C20H18F2N2O2/c1-12(2)9-13-3-5-14(6-4-13)17-11-19(20(25)26)24(23-17)18-8-7-15(21)10-16(18)22/h3-8,10-12H,9H2,1-2H3,(H,25,26). The molecule has 0 aliphatic rings. The Morgan fingerprint density at radius 3 is 2.38 bits per heavy atom. The summed E-state index contributed by atoms with van der Waals surface area (Å²) < 4.78 is 28.2. The van der Waals surface area contributed by atoms with E-state index in [1.54, 1.807) is 0 Å². The molecule has 0 spiro atoms. The molecule has 6 heteroatoms. The van der Waals surface area contributed by atoms with Crippen LogP contribution in [-0.4, -0.2) is 20.9 Å². The number of hydrogen-bond donors (Lipinski definition) is 1. The maximum atomic E-state index is 14.1. The largest absolute Gasteiger partial charge is 0.477 e. The van der Waals surface area contributed by atoms with Gasteiger partial charge in [0.05, 0.1) is 5.69 Å². The first-order valence-electron chi connectivity index (χ1n) is 8.23. The molecule has 134 valence electrons. The van der Waals surface area contributed by atoms with E-state index in [2.05, 4.69) is 18.9 Å². The summed E-state index contributed by atoms with van der Waals surface area (Å²) in [5, 5.41) is 13.6. The number of nitrogens with zero attached hydrogens (tertiary/aromatic N) is 2. The third-order valence-electron chi connectivity index (χ3n) is 3.96. The van der Waals surface area contributed by atoms with E-state index in [1.165, 1.54) is 17.7 Å². The average molecular weight is 356 g/mol. The van der Waals surface area contributed by atoms with Gasteiger partial charge in [-0.15, -0.1) is 0 Å². The van der Waals surface area contributed by atoms with Gasteiger partial charge in [0.15, 0.2) is 11.5 Å². The molecule has 1 N–H and O–H groups in total. The van der Waals surface area contributed by atoms with Gasteiger partial charge in [0.2, 0.25) is 0 Å². The highest BCUT2D eigenvalue weighted by atomic mass is 19.1. The van der Waals surface area contributed by atoms with Crippen molar-refractivity contribution in [3.63, 3.8) is 0 Å². The van der Waals surface area contributed by atoms with E-state index in [4.69, 9.17) is 0 Å². The number of hydrogen-bond acceptors (Lipinski definition) is 2. The fraction of sp³-hybridized carbons (Fsp3) is 0.200. The second-order valence-electron chi connectivity index (χ2n) is 6.52. The van der Waals surface area contributed by atoms with E-state index in [0.29, 0.717) is 17.7 Å². The monoisotopic (exact) mass is 356 g/mol. The van der Waals surface area contributed by atoms with Gasteiger partial charge >= 0.3 is 5.97 Å². The lowest BCUT2D eigenvalue weighted by Crippen LogP contribution is -2.09. The predicted molar refractivity (Wildman–Crippen MR) is 94.4 cm³/mol. The van der Waals surface area contributed by atoms with Crippen LogP contribution >= 0.6 is 0 Å². The molecule has 0 unspecified atom stereocenters. The van der Waals surface area contributed by atoms with Gasteiger partial charge in [-0.1, -0.05) is 38.1 Å². The van der Waals surface area contributed by atoms with Gasteiger partial charge in [0.25, 0.3) is 0 Å². The van der Waals surface area contributed by atoms with Crippen molar-refractivity contribution >= 4 is 5.97 Å². The van der Waals surface area contributed by atoms with Crippen LogP contribution in [0.3, 0.4) is 0 Å². The maximum absolute atomic E-state index is 14.1. The molecule has 0 saturated heterocycles. The highest BCUT2D eigenvalue weighted by molar-refractivity contribution is 5.88. The molecule has 0 saturated carbocycles. The summed E-state index contributed by atoms with van der Waals surface area (Å²) in [5.74, 6) is -2.34. The number of aromatic nitrogens is 2. The molecule has 3 aromatic rings. The van der Waals surface area contributed by atoms with Crippen molar-refractivity contribution in [1.82, 2.24) is 9.78 Å². The number of carbonyl (C=O) groups is 1. The molecule has 3 rings (SSSR count). The van der Waals surface area contributed by atoms with Crippen LogP contribution < -0.4 is 0 Å². The lowest BCUT2D eigenvalue weighted by atomic mass is 10.0. The summed E-state index contributed by atoms with van der Waals surface area (Å²) in [6.07, 6.45) is 0.940. The zero-order valence-corrected chi connectivity index (χ0v) is 14.4. The number of benzene rings is 2. The Labute approximate surface area is 149 Å². The van der Waals surface area contributed by atoms with E-state index in [1.807, 2.05) is 24.3 Å². The molecule has 0 bridgehead atoms. The molecular weight excluding hydrogens is 338 g/mol. The van der Waals surface area contributed by atoms with Crippen LogP contribution in [-0.2, 0) is 6.42 Å². The highest BCUT2D eigenvalue weighted by Gasteiger charge is 2.19. The predicted octanol–water partition coefficient (Wildman–Crippen LogP) is 4.71. The van der Waals surface area contributed by atoms with Crippen molar-refractivity contribution in [2.45, 2.75) is 20.3 Å². The van der Waals surface area contributed by atoms with Crippen molar-refractivity contribution < 1.29 is 18.7 Å². The molecule has 0 aliphatic carbocycles. The minimum Gasteiger partial charge on any atom is -0.477 e. The summed E-state index contributed by atoms with van der Waals surface area (Å²) in [7, 11) is 0. The first kappa shape index (κ1) is 17.8. The first-order chi connectivity index (χ1) is 12.3. The van der Waals surface area contributed by atoms with Gasteiger partial charge in [0.1, 0.15) is 11.5 Å². The second kappa shape index (κ2) is 7.07. The molecule has 1 heterocycles. The summed E-state index contributed by atoms with van der Waals surface area (Å²) in [6.45, 7) is 4.26. The maximum Gasteiger partial charge on any atom is 0.354 e. The number of carboxylic acid groups (broad SMARTS) is 1. The molecule has 0 radical (unpaired) electrons. The molecule has 26 heavy (non-hydrogen) atoms. The molecular formula is C20H18F2N2O2. The van der Waals surface area contributed by atoms with Crippen molar-refractivity contribution in [2.75, 3.05) is 0 Å². The smallest absolute Gasteiger partial charge is 0.354 e. The van der Waals surface area contributed by atoms with Crippen LogP contribution in [0.5, 0.6) is 0 Å². The lowest BCUT2D eigenvalue weighted by molar-refractivity contribution is 0.0687. The van der Waals surface area contributed by atoms with Gasteiger partial charge in [-0.25, -0.2) is 18.3 Å². The van der Waals surface area contributed by atoms with Crippen LogP contribution in [0.25, 0.3) is 16.9 Å². The fourth-order valence-corrected chi connectivity index (χ4v) is 2.79. The van der Waals surface area contributed by atoms with E-state index in [-0.39, 0.29) is 11.4 Å². The van der Waals surface area contributed by atoms with Crippen molar-refractivity contribution in [2.24, 2.45) is 5.92 Å². The number of carboxylic acids is 1. The summed E-state index contributed by atoms with van der Waals surface area (Å²) in [4.78, 5) is 11.5. The highest BCUT2D eigenvalue weighted by Crippen LogP contribution is 2.24. The van der Waals surface area contributed by atoms with Crippen LogP contribution in [0.15, 0.2) is 48.5 Å². The third kappa shape index (κ3) is 3.64. The van der Waals surface area contributed by atoms with E-state index < -0.39 is 17.6 Å².